The molecule has 0 radical (unpaired) electrons. The van der Waals surface area contributed by atoms with Crippen LogP contribution in [-0.4, -0.2) is 47.1 Å². The smallest absolute Gasteiger partial charge is 0.203 e. The van der Waals surface area contributed by atoms with Crippen LogP contribution in [0.2, 0.25) is 0 Å². The summed E-state index contributed by atoms with van der Waals surface area (Å²) in [4.78, 5) is 4.27. The fraction of sp³-hybridized carbons (Fsp3) is 0.409. The van der Waals surface area contributed by atoms with E-state index in [1.807, 2.05) is 24.5 Å². The van der Waals surface area contributed by atoms with E-state index in [4.69, 9.17) is 14.2 Å². The van der Waals surface area contributed by atoms with Crippen LogP contribution in [0.15, 0.2) is 35.3 Å². The summed E-state index contributed by atoms with van der Waals surface area (Å²) in [5.74, 6) is 3.10. The second kappa shape index (κ2) is 12.2. The number of nitrogens with zero attached hydrogens (tertiary/aromatic N) is 1. The fourth-order valence-corrected chi connectivity index (χ4v) is 3.71. The van der Waals surface area contributed by atoms with Gasteiger partial charge in [-0.1, -0.05) is 12.1 Å². The molecule has 0 unspecified atom stereocenters. The van der Waals surface area contributed by atoms with Crippen LogP contribution in [0, 0.1) is 5.82 Å². The van der Waals surface area contributed by atoms with E-state index in [0.29, 0.717) is 42.7 Å². The minimum atomic E-state index is -0.214. The lowest BCUT2D eigenvalue weighted by molar-refractivity contribution is 0.322. The molecule has 0 amide bonds. The van der Waals surface area contributed by atoms with Gasteiger partial charge in [-0.25, -0.2) is 4.39 Å². The molecule has 2 aromatic rings. The molecule has 2 aromatic carbocycles. The molecular formula is C22H30FN3O3S. The van der Waals surface area contributed by atoms with Crippen LogP contribution in [0.4, 0.5) is 4.39 Å². The number of rotatable bonds is 10. The van der Waals surface area contributed by atoms with Gasteiger partial charge in [-0.3, -0.25) is 4.99 Å². The molecule has 0 atom stereocenters. The topological polar surface area (TPSA) is 64.1 Å². The van der Waals surface area contributed by atoms with Gasteiger partial charge in [0.2, 0.25) is 5.75 Å². The number of methoxy groups -OCH3 is 3. The maximum atomic E-state index is 13.5. The van der Waals surface area contributed by atoms with Gasteiger partial charge in [-0.15, -0.1) is 0 Å². The van der Waals surface area contributed by atoms with Crippen molar-refractivity contribution in [3.63, 3.8) is 0 Å². The molecule has 2 rings (SSSR count). The zero-order valence-corrected chi connectivity index (χ0v) is 19.0. The molecule has 0 spiro atoms. The van der Waals surface area contributed by atoms with Crippen LogP contribution >= 0.6 is 11.8 Å². The first-order valence-electron chi connectivity index (χ1n) is 9.56. The number of hydrogen-bond acceptors (Lipinski definition) is 5. The van der Waals surface area contributed by atoms with Gasteiger partial charge < -0.3 is 24.8 Å². The molecule has 164 valence electrons. The maximum Gasteiger partial charge on any atom is 0.203 e. The van der Waals surface area contributed by atoms with Gasteiger partial charge in [0, 0.05) is 31.5 Å². The van der Waals surface area contributed by atoms with Crippen LogP contribution in [0.3, 0.4) is 0 Å². The van der Waals surface area contributed by atoms with Gasteiger partial charge in [0.15, 0.2) is 17.5 Å². The zero-order chi connectivity index (χ0) is 21.9. The monoisotopic (exact) mass is 435 g/mol. The third kappa shape index (κ3) is 6.19. The first-order valence-corrected chi connectivity index (χ1v) is 11.0. The van der Waals surface area contributed by atoms with E-state index in [1.165, 1.54) is 6.07 Å². The second-order valence-electron chi connectivity index (χ2n) is 6.44. The third-order valence-corrected chi connectivity index (χ3v) is 5.21. The van der Waals surface area contributed by atoms with Crippen LogP contribution in [0.25, 0.3) is 0 Å². The Morgan fingerprint density at radius 3 is 2.33 bits per heavy atom. The number of ether oxygens (including phenoxy) is 3. The summed E-state index contributed by atoms with van der Waals surface area (Å²) in [5, 5.41) is 6.59. The number of nitrogens with one attached hydrogen (secondary N) is 2. The molecule has 0 aliphatic rings. The maximum absolute atomic E-state index is 13.5. The number of aliphatic imine (C=N–C) groups is 1. The molecule has 0 fully saturated rings. The van der Waals surface area contributed by atoms with E-state index in [2.05, 4.69) is 15.6 Å². The number of halogens is 1. The SMILES string of the molecule is CN=C(NCCc1ccc(OC)c(OC)c1OC)NCc1ccc(F)cc1CSC. The van der Waals surface area contributed by atoms with Crippen molar-refractivity contribution in [2.45, 2.75) is 18.7 Å². The lowest BCUT2D eigenvalue weighted by Gasteiger charge is -2.17. The highest BCUT2D eigenvalue weighted by Crippen LogP contribution is 2.39. The van der Waals surface area contributed by atoms with E-state index < -0.39 is 0 Å². The minimum Gasteiger partial charge on any atom is -0.493 e. The molecule has 0 bridgehead atoms. The zero-order valence-electron chi connectivity index (χ0n) is 18.2. The van der Waals surface area contributed by atoms with Crippen molar-refractivity contribution in [1.29, 1.82) is 0 Å². The van der Waals surface area contributed by atoms with Crippen molar-refractivity contribution in [3.05, 3.63) is 52.8 Å². The van der Waals surface area contributed by atoms with E-state index in [0.717, 1.165) is 22.4 Å². The Labute approximate surface area is 182 Å². The highest BCUT2D eigenvalue weighted by atomic mass is 32.2. The first kappa shape index (κ1) is 23.7. The molecule has 30 heavy (non-hydrogen) atoms. The lowest BCUT2D eigenvalue weighted by Crippen LogP contribution is -2.38. The standard InChI is InChI=1S/C22H30FN3O3S/c1-24-22(26-13-16-6-8-18(23)12-17(16)14-30-5)25-11-10-15-7-9-19(27-2)21(29-4)20(15)28-3/h6-9,12H,10-11,13-14H2,1-5H3,(H2,24,25,26). The van der Waals surface area contributed by atoms with E-state index in [-0.39, 0.29) is 5.82 Å². The average Bonchev–Trinajstić information content (AvgIpc) is 2.76. The van der Waals surface area contributed by atoms with E-state index in [1.54, 1.807) is 46.2 Å². The van der Waals surface area contributed by atoms with Crippen LogP contribution in [0.5, 0.6) is 17.2 Å². The number of benzene rings is 2. The summed E-state index contributed by atoms with van der Waals surface area (Å²) < 4.78 is 29.8. The van der Waals surface area contributed by atoms with Crippen molar-refractivity contribution < 1.29 is 18.6 Å². The lowest BCUT2D eigenvalue weighted by atomic mass is 10.1. The van der Waals surface area contributed by atoms with Crippen molar-refractivity contribution in [2.24, 2.45) is 4.99 Å². The molecule has 0 saturated heterocycles. The summed E-state index contributed by atoms with van der Waals surface area (Å²) in [6, 6.07) is 8.72. The van der Waals surface area contributed by atoms with E-state index in [9.17, 15) is 4.39 Å². The summed E-state index contributed by atoms with van der Waals surface area (Å²) in [6.07, 6.45) is 2.71. The first-order chi connectivity index (χ1) is 14.6. The molecule has 0 saturated carbocycles. The third-order valence-electron chi connectivity index (χ3n) is 4.61. The van der Waals surface area contributed by atoms with E-state index >= 15 is 0 Å². The molecule has 0 heterocycles. The predicted octanol–water partition coefficient (Wildman–Crippen LogP) is 3.62. The molecule has 2 N–H and O–H groups in total. The Bertz CT molecular complexity index is 862. The quantitative estimate of drug-likeness (QED) is 0.439. The van der Waals surface area contributed by atoms with Crippen molar-refractivity contribution in [1.82, 2.24) is 10.6 Å². The van der Waals surface area contributed by atoms with Gasteiger partial charge in [-0.05, 0) is 42.0 Å². The Kier molecular flexibility index (Phi) is 9.60. The predicted molar refractivity (Wildman–Crippen MR) is 122 cm³/mol. The summed E-state index contributed by atoms with van der Waals surface area (Å²) >= 11 is 1.67. The van der Waals surface area contributed by atoms with Crippen molar-refractivity contribution in [3.8, 4) is 17.2 Å². The van der Waals surface area contributed by atoms with Gasteiger partial charge in [0.05, 0.1) is 21.3 Å². The normalized spacial score (nSPS) is 11.2. The average molecular weight is 436 g/mol. The molecule has 0 aromatic heterocycles. The minimum absolute atomic E-state index is 0.214. The molecule has 8 heteroatoms. The molecule has 0 aliphatic heterocycles. The summed E-state index contributed by atoms with van der Waals surface area (Å²) in [5.41, 5.74) is 3.04. The Balaban J connectivity index is 1.98. The summed E-state index contributed by atoms with van der Waals surface area (Å²) in [7, 11) is 6.53. The largest absolute Gasteiger partial charge is 0.493 e. The Morgan fingerprint density at radius 1 is 0.967 bits per heavy atom. The van der Waals surface area contributed by atoms with Crippen molar-refractivity contribution >= 4 is 17.7 Å². The number of thioether (sulfide) groups is 1. The highest BCUT2D eigenvalue weighted by molar-refractivity contribution is 7.97. The Morgan fingerprint density at radius 2 is 1.70 bits per heavy atom. The van der Waals surface area contributed by atoms with Crippen LogP contribution < -0.4 is 24.8 Å². The Hall–Kier alpha value is -2.61. The number of hydrogen-bond donors (Lipinski definition) is 2. The van der Waals surface area contributed by atoms with Crippen molar-refractivity contribution in [2.75, 3.05) is 41.2 Å². The van der Waals surface area contributed by atoms with Gasteiger partial charge in [0.25, 0.3) is 0 Å². The fourth-order valence-electron chi connectivity index (χ4n) is 3.13. The second-order valence-corrected chi connectivity index (χ2v) is 7.31. The number of guanidine groups is 1. The molecular weight excluding hydrogens is 405 g/mol. The molecule has 6 nitrogen and oxygen atoms in total. The van der Waals surface area contributed by atoms with Gasteiger partial charge in [-0.2, -0.15) is 11.8 Å². The molecule has 0 aliphatic carbocycles. The highest BCUT2D eigenvalue weighted by Gasteiger charge is 2.15. The van der Waals surface area contributed by atoms with Gasteiger partial charge in [0.1, 0.15) is 5.82 Å². The van der Waals surface area contributed by atoms with Crippen LogP contribution in [-0.2, 0) is 18.7 Å². The van der Waals surface area contributed by atoms with Gasteiger partial charge >= 0.3 is 0 Å². The van der Waals surface area contributed by atoms with Crippen LogP contribution in [0.1, 0.15) is 16.7 Å². The summed E-state index contributed by atoms with van der Waals surface area (Å²) in [6.45, 7) is 1.21.